The van der Waals surface area contributed by atoms with Gasteiger partial charge in [-0.3, -0.25) is 4.98 Å². The minimum Gasteiger partial charge on any atom is -0.313 e. The van der Waals surface area contributed by atoms with Crippen molar-refractivity contribution in [3.8, 4) is 0 Å². The molecule has 0 aliphatic carbocycles. The van der Waals surface area contributed by atoms with E-state index >= 15 is 0 Å². The van der Waals surface area contributed by atoms with Crippen LogP contribution in [0.1, 0.15) is 30.5 Å². The number of aryl methyl sites for hydroxylation is 1. The summed E-state index contributed by atoms with van der Waals surface area (Å²) in [5.41, 5.74) is 2.43. The van der Waals surface area contributed by atoms with Crippen LogP contribution in [0.15, 0.2) is 18.3 Å². The lowest BCUT2D eigenvalue weighted by molar-refractivity contribution is 0.331. The van der Waals surface area contributed by atoms with Gasteiger partial charge in [-0.15, -0.1) is 0 Å². The molecule has 1 aromatic rings. The normalized spacial score (nSPS) is 16.5. The predicted molar refractivity (Wildman–Crippen MR) is 71.0 cm³/mol. The number of rotatable bonds is 6. The Hall–Kier alpha value is -0.930. The fraction of sp³-hybridized carbons (Fsp3) is 0.643. The van der Waals surface area contributed by atoms with Crippen LogP contribution in [0, 0.1) is 6.92 Å². The number of aromatic nitrogens is 1. The summed E-state index contributed by atoms with van der Waals surface area (Å²) in [6, 6.07) is 4.23. The Bertz CT molecular complexity index is 332. The summed E-state index contributed by atoms with van der Waals surface area (Å²) in [6.07, 6.45) is 5.92. The van der Waals surface area contributed by atoms with E-state index in [2.05, 4.69) is 27.3 Å². The maximum atomic E-state index is 4.20. The van der Waals surface area contributed by atoms with Crippen LogP contribution in [-0.2, 0) is 6.54 Å². The maximum Gasteiger partial charge on any atom is 0.0375 e. The molecule has 2 rings (SSSR count). The highest BCUT2D eigenvalue weighted by atomic mass is 15.1. The summed E-state index contributed by atoms with van der Waals surface area (Å²) in [6.45, 7) is 7.98. The standard InChI is InChI=1S/C14H23N3/c1-13-11-14(5-7-16-13)12-15-6-4-10-17-8-2-3-9-17/h5,7,11,15H,2-4,6,8-10,12H2,1H3. The van der Waals surface area contributed by atoms with Crippen LogP contribution in [0.4, 0.5) is 0 Å². The molecule has 3 nitrogen and oxygen atoms in total. The Morgan fingerprint density at radius 3 is 2.94 bits per heavy atom. The highest BCUT2D eigenvalue weighted by Crippen LogP contribution is 2.07. The van der Waals surface area contributed by atoms with Crippen molar-refractivity contribution >= 4 is 0 Å². The first-order valence-corrected chi connectivity index (χ1v) is 6.69. The summed E-state index contributed by atoms with van der Waals surface area (Å²) in [4.78, 5) is 6.77. The van der Waals surface area contributed by atoms with Gasteiger partial charge in [-0.2, -0.15) is 0 Å². The highest BCUT2D eigenvalue weighted by molar-refractivity contribution is 5.14. The van der Waals surface area contributed by atoms with Gasteiger partial charge >= 0.3 is 0 Å². The molecule has 1 aliphatic heterocycles. The number of nitrogens with one attached hydrogen (secondary N) is 1. The van der Waals surface area contributed by atoms with Gasteiger partial charge in [-0.25, -0.2) is 0 Å². The van der Waals surface area contributed by atoms with Gasteiger partial charge < -0.3 is 10.2 Å². The van der Waals surface area contributed by atoms with Crippen molar-refractivity contribution in [2.75, 3.05) is 26.2 Å². The van der Waals surface area contributed by atoms with Crippen molar-refractivity contribution in [1.29, 1.82) is 0 Å². The Morgan fingerprint density at radius 2 is 2.18 bits per heavy atom. The average Bonchev–Trinajstić information content (AvgIpc) is 2.82. The molecule has 94 valence electrons. The molecule has 17 heavy (non-hydrogen) atoms. The Kier molecular flexibility index (Phi) is 4.95. The van der Waals surface area contributed by atoms with Gasteiger partial charge in [-0.1, -0.05) is 0 Å². The lowest BCUT2D eigenvalue weighted by Gasteiger charge is -2.14. The van der Waals surface area contributed by atoms with E-state index in [1.54, 1.807) is 0 Å². The Labute approximate surface area is 104 Å². The third kappa shape index (κ3) is 4.44. The molecule has 3 heteroatoms. The molecule has 1 N–H and O–H groups in total. The molecule has 0 radical (unpaired) electrons. The summed E-state index contributed by atoms with van der Waals surface area (Å²) < 4.78 is 0. The smallest absolute Gasteiger partial charge is 0.0375 e. The number of likely N-dealkylation sites (tertiary alicyclic amines) is 1. The SMILES string of the molecule is Cc1cc(CNCCCN2CCCC2)ccn1. The second kappa shape index (κ2) is 6.72. The summed E-state index contributed by atoms with van der Waals surface area (Å²) in [7, 11) is 0. The van der Waals surface area contributed by atoms with Gasteiger partial charge in [0.2, 0.25) is 0 Å². The topological polar surface area (TPSA) is 28.2 Å². The Balaban J connectivity index is 1.56. The van der Waals surface area contributed by atoms with E-state index in [9.17, 15) is 0 Å². The monoisotopic (exact) mass is 233 g/mol. The molecule has 1 aliphatic rings. The van der Waals surface area contributed by atoms with Gasteiger partial charge in [0.05, 0.1) is 0 Å². The van der Waals surface area contributed by atoms with Crippen molar-refractivity contribution in [3.05, 3.63) is 29.6 Å². The quantitative estimate of drug-likeness (QED) is 0.761. The number of hydrogen-bond donors (Lipinski definition) is 1. The van der Waals surface area contributed by atoms with Gasteiger partial charge in [0, 0.05) is 18.4 Å². The van der Waals surface area contributed by atoms with Gasteiger partial charge in [-0.05, 0) is 70.1 Å². The molecule has 2 heterocycles. The molecule has 0 amide bonds. The van der Waals surface area contributed by atoms with Crippen LogP contribution in [0.2, 0.25) is 0 Å². The number of hydrogen-bond acceptors (Lipinski definition) is 3. The fourth-order valence-electron chi connectivity index (χ4n) is 2.38. The van der Waals surface area contributed by atoms with Crippen molar-refractivity contribution in [2.45, 2.75) is 32.7 Å². The van der Waals surface area contributed by atoms with E-state index in [1.165, 1.54) is 44.5 Å². The molecular weight excluding hydrogens is 210 g/mol. The molecule has 0 atom stereocenters. The van der Waals surface area contributed by atoms with Crippen molar-refractivity contribution < 1.29 is 0 Å². The van der Waals surface area contributed by atoms with Crippen molar-refractivity contribution in [3.63, 3.8) is 0 Å². The summed E-state index contributed by atoms with van der Waals surface area (Å²) in [5, 5.41) is 3.50. The predicted octanol–water partition coefficient (Wildman–Crippen LogP) is 1.97. The van der Waals surface area contributed by atoms with E-state index < -0.39 is 0 Å². The molecule has 0 saturated carbocycles. The molecule has 1 saturated heterocycles. The first-order chi connectivity index (χ1) is 8.34. The van der Waals surface area contributed by atoms with E-state index in [0.29, 0.717) is 0 Å². The van der Waals surface area contributed by atoms with Crippen LogP contribution in [0.25, 0.3) is 0 Å². The van der Waals surface area contributed by atoms with E-state index in [4.69, 9.17) is 0 Å². The highest BCUT2D eigenvalue weighted by Gasteiger charge is 2.09. The fourth-order valence-corrected chi connectivity index (χ4v) is 2.38. The largest absolute Gasteiger partial charge is 0.313 e. The van der Waals surface area contributed by atoms with E-state index in [-0.39, 0.29) is 0 Å². The lowest BCUT2D eigenvalue weighted by Crippen LogP contribution is -2.24. The molecular formula is C14H23N3. The lowest BCUT2D eigenvalue weighted by atomic mass is 10.2. The van der Waals surface area contributed by atoms with Crippen LogP contribution in [0.3, 0.4) is 0 Å². The van der Waals surface area contributed by atoms with Gasteiger partial charge in [0.15, 0.2) is 0 Å². The molecule has 0 unspecified atom stereocenters. The minimum absolute atomic E-state index is 0.962. The molecule has 0 spiro atoms. The minimum atomic E-state index is 0.962. The van der Waals surface area contributed by atoms with Crippen molar-refractivity contribution in [1.82, 2.24) is 15.2 Å². The zero-order valence-corrected chi connectivity index (χ0v) is 10.8. The third-order valence-electron chi connectivity index (χ3n) is 3.32. The van der Waals surface area contributed by atoms with E-state index in [1.807, 2.05) is 13.1 Å². The zero-order valence-electron chi connectivity index (χ0n) is 10.8. The average molecular weight is 233 g/mol. The molecule has 0 aromatic carbocycles. The maximum absolute atomic E-state index is 4.20. The van der Waals surface area contributed by atoms with Crippen LogP contribution in [-0.4, -0.2) is 36.1 Å². The van der Waals surface area contributed by atoms with Crippen LogP contribution < -0.4 is 5.32 Å². The Morgan fingerprint density at radius 1 is 1.35 bits per heavy atom. The molecule has 1 fully saturated rings. The number of nitrogens with zero attached hydrogens (tertiary/aromatic N) is 2. The van der Waals surface area contributed by atoms with Crippen molar-refractivity contribution in [2.24, 2.45) is 0 Å². The molecule has 1 aromatic heterocycles. The first kappa shape index (κ1) is 12.5. The van der Waals surface area contributed by atoms with Crippen LogP contribution >= 0.6 is 0 Å². The molecule has 0 bridgehead atoms. The second-order valence-electron chi connectivity index (χ2n) is 4.88. The first-order valence-electron chi connectivity index (χ1n) is 6.69. The zero-order chi connectivity index (χ0) is 11.9. The number of pyridine rings is 1. The van der Waals surface area contributed by atoms with E-state index in [0.717, 1.165) is 18.8 Å². The third-order valence-corrected chi connectivity index (χ3v) is 3.32. The van der Waals surface area contributed by atoms with Gasteiger partial charge in [0.25, 0.3) is 0 Å². The summed E-state index contributed by atoms with van der Waals surface area (Å²) >= 11 is 0. The van der Waals surface area contributed by atoms with Gasteiger partial charge in [0.1, 0.15) is 0 Å². The van der Waals surface area contributed by atoms with Crippen LogP contribution in [0.5, 0.6) is 0 Å². The second-order valence-corrected chi connectivity index (χ2v) is 4.88. The summed E-state index contributed by atoms with van der Waals surface area (Å²) in [5.74, 6) is 0.